The first-order valence-electron chi connectivity index (χ1n) is 7.23. The number of para-hydroxylation sites is 2. The first-order valence-corrected chi connectivity index (χ1v) is 7.61. The van der Waals surface area contributed by atoms with Gasteiger partial charge in [-0.1, -0.05) is 35.9 Å². The van der Waals surface area contributed by atoms with Crippen molar-refractivity contribution in [1.82, 2.24) is 4.57 Å². The summed E-state index contributed by atoms with van der Waals surface area (Å²) in [5.41, 5.74) is 1.55. The first kappa shape index (κ1) is 14.9. The SMILES string of the molecule is CC(C)n1c(COc2ccccc2Cl)cc2cccc(F)c21. The predicted octanol–water partition coefficient (Wildman–Crippen LogP) is 5.59. The Morgan fingerprint density at radius 3 is 2.64 bits per heavy atom. The lowest BCUT2D eigenvalue weighted by atomic mass is 10.2. The van der Waals surface area contributed by atoms with Gasteiger partial charge in [-0.15, -0.1) is 0 Å². The van der Waals surface area contributed by atoms with Crippen LogP contribution < -0.4 is 4.74 Å². The van der Waals surface area contributed by atoms with Crippen LogP contribution in [0.5, 0.6) is 5.75 Å². The maximum atomic E-state index is 14.2. The number of nitrogens with zero attached hydrogens (tertiary/aromatic N) is 1. The molecule has 3 aromatic rings. The van der Waals surface area contributed by atoms with Crippen LogP contribution in [-0.4, -0.2) is 4.57 Å². The third-order valence-electron chi connectivity index (χ3n) is 3.62. The van der Waals surface area contributed by atoms with Crippen molar-refractivity contribution in [3.8, 4) is 5.75 Å². The topological polar surface area (TPSA) is 14.2 Å². The molecule has 0 radical (unpaired) electrons. The average molecular weight is 318 g/mol. The van der Waals surface area contributed by atoms with E-state index in [0.29, 0.717) is 22.9 Å². The molecule has 1 aromatic heterocycles. The summed E-state index contributed by atoms with van der Waals surface area (Å²) in [5, 5.41) is 1.45. The molecule has 2 nitrogen and oxygen atoms in total. The van der Waals surface area contributed by atoms with Gasteiger partial charge in [-0.2, -0.15) is 0 Å². The van der Waals surface area contributed by atoms with E-state index in [2.05, 4.69) is 0 Å². The second kappa shape index (κ2) is 6.01. The summed E-state index contributed by atoms with van der Waals surface area (Å²) in [5.74, 6) is 0.417. The smallest absolute Gasteiger partial charge is 0.147 e. The Morgan fingerprint density at radius 2 is 1.91 bits per heavy atom. The molecule has 0 fully saturated rings. The molecule has 0 atom stereocenters. The Balaban J connectivity index is 1.99. The van der Waals surface area contributed by atoms with E-state index in [4.69, 9.17) is 16.3 Å². The highest BCUT2D eigenvalue weighted by Crippen LogP contribution is 2.29. The molecule has 0 aliphatic heterocycles. The minimum Gasteiger partial charge on any atom is -0.486 e. The van der Waals surface area contributed by atoms with Gasteiger partial charge in [0.2, 0.25) is 0 Å². The lowest BCUT2D eigenvalue weighted by molar-refractivity contribution is 0.293. The molecule has 0 amide bonds. The maximum Gasteiger partial charge on any atom is 0.147 e. The van der Waals surface area contributed by atoms with E-state index in [0.717, 1.165) is 11.1 Å². The zero-order valence-electron chi connectivity index (χ0n) is 12.5. The standard InChI is InChI=1S/C18H17ClFNO/c1-12(2)21-14(10-13-6-5-8-16(20)18(13)21)11-22-17-9-4-3-7-15(17)19/h3-10,12H,11H2,1-2H3. The van der Waals surface area contributed by atoms with E-state index in [9.17, 15) is 4.39 Å². The average Bonchev–Trinajstić information content (AvgIpc) is 2.86. The maximum absolute atomic E-state index is 14.2. The molecule has 2 aromatic carbocycles. The van der Waals surface area contributed by atoms with Crippen LogP contribution in [0, 0.1) is 5.82 Å². The van der Waals surface area contributed by atoms with E-state index in [1.807, 2.05) is 48.7 Å². The van der Waals surface area contributed by atoms with Crippen LogP contribution in [-0.2, 0) is 6.61 Å². The van der Waals surface area contributed by atoms with Crippen molar-refractivity contribution in [2.75, 3.05) is 0 Å². The quantitative estimate of drug-likeness (QED) is 0.611. The van der Waals surface area contributed by atoms with Crippen molar-refractivity contribution in [2.24, 2.45) is 0 Å². The number of benzene rings is 2. The Labute approximate surface area is 134 Å². The Kier molecular flexibility index (Phi) is 4.08. The van der Waals surface area contributed by atoms with E-state index in [1.54, 1.807) is 12.1 Å². The van der Waals surface area contributed by atoms with Crippen molar-refractivity contribution in [1.29, 1.82) is 0 Å². The molecule has 0 saturated carbocycles. The second-order valence-electron chi connectivity index (χ2n) is 5.50. The van der Waals surface area contributed by atoms with Gasteiger partial charge in [0.25, 0.3) is 0 Å². The van der Waals surface area contributed by atoms with Gasteiger partial charge >= 0.3 is 0 Å². The van der Waals surface area contributed by atoms with Gasteiger partial charge < -0.3 is 9.30 Å². The van der Waals surface area contributed by atoms with Crippen LogP contribution in [0.1, 0.15) is 25.6 Å². The van der Waals surface area contributed by atoms with Gasteiger partial charge in [-0.3, -0.25) is 0 Å². The fourth-order valence-electron chi connectivity index (χ4n) is 2.71. The largest absolute Gasteiger partial charge is 0.486 e. The second-order valence-corrected chi connectivity index (χ2v) is 5.90. The molecule has 114 valence electrons. The van der Waals surface area contributed by atoms with Gasteiger partial charge in [0, 0.05) is 11.4 Å². The van der Waals surface area contributed by atoms with Crippen molar-refractivity contribution < 1.29 is 9.13 Å². The van der Waals surface area contributed by atoms with E-state index < -0.39 is 0 Å². The van der Waals surface area contributed by atoms with Crippen LogP contribution >= 0.6 is 11.6 Å². The van der Waals surface area contributed by atoms with Gasteiger partial charge in [0.15, 0.2) is 0 Å². The van der Waals surface area contributed by atoms with Crippen LogP contribution in [0.25, 0.3) is 10.9 Å². The number of hydrogen-bond acceptors (Lipinski definition) is 1. The van der Waals surface area contributed by atoms with Gasteiger partial charge in [-0.05, 0) is 38.1 Å². The monoisotopic (exact) mass is 317 g/mol. The van der Waals surface area contributed by atoms with Crippen molar-refractivity contribution in [2.45, 2.75) is 26.5 Å². The molecule has 0 spiro atoms. The summed E-state index contributed by atoms with van der Waals surface area (Å²) in [6, 6.07) is 14.6. The van der Waals surface area contributed by atoms with Crippen LogP contribution in [0.3, 0.4) is 0 Å². The van der Waals surface area contributed by atoms with E-state index >= 15 is 0 Å². The summed E-state index contributed by atoms with van der Waals surface area (Å²) in [6.07, 6.45) is 0. The summed E-state index contributed by atoms with van der Waals surface area (Å²) in [6.45, 7) is 4.41. The highest BCUT2D eigenvalue weighted by molar-refractivity contribution is 6.32. The summed E-state index contributed by atoms with van der Waals surface area (Å²) in [4.78, 5) is 0. The van der Waals surface area contributed by atoms with Crippen molar-refractivity contribution >= 4 is 22.5 Å². The summed E-state index contributed by atoms with van der Waals surface area (Å²) < 4.78 is 21.9. The molecule has 3 rings (SSSR count). The van der Waals surface area contributed by atoms with E-state index in [-0.39, 0.29) is 11.9 Å². The number of rotatable bonds is 4. The van der Waals surface area contributed by atoms with Gasteiger partial charge in [-0.25, -0.2) is 4.39 Å². The first-order chi connectivity index (χ1) is 10.6. The Morgan fingerprint density at radius 1 is 1.14 bits per heavy atom. The highest BCUT2D eigenvalue weighted by Gasteiger charge is 2.15. The van der Waals surface area contributed by atoms with Crippen LogP contribution in [0.4, 0.5) is 4.39 Å². The summed E-state index contributed by atoms with van der Waals surface area (Å²) in [7, 11) is 0. The Bertz CT molecular complexity index is 810. The van der Waals surface area contributed by atoms with Gasteiger partial charge in [0.05, 0.1) is 16.2 Å². The zero-order valence-corrected chi connectivity index (χ0v) is 13.3. The molecule has 0 aliphatic rings. The zero-order chi connectivity index (χ0) is 15.7. The van der Waals surface area contributed by atoms with Crippen molar-refractivity contribution in [3.63, 3.8) is 0 Å². The van der Waals surface area contributed by atoms with Crippen molar-refractivity contribution in [3.05, 3.63) is 65.1 Å². The normalized spacial score (nSPS) is 11.3. The molecule has 0 aliphatic carbocycles. The van der Waals surface area contributed by atoms with Gasteiger partial charge in [0.1, 0.15) is 18.2 Å². The summed E-state index contributed by atoms with van der Waals surface area (Å²) >= 11 is 6.10. The predicted molar refractivity (Wildman–Crippen MR) is 88.1 cm³/mol. The lowest BCUT2D eigenvalue weighted by Crippen LogP contribution is -2.09. The molecule has 22 heavy (non-hydrogen) atoms. The Hall–Kier alpha value is -2.00. The fraction of sp³-hybridized carbons (Fsp3) is 0.222. The number of fused-ring (bicyclic) bond motifs is 1. The third-order valence-corrected chi connectivity index (χ3v) is 3.93. The minimum atomic E-state index is -0.213. The molecule has 4 heteroatoms. The molecule has 0 saturated heterocycles. The molecular formula is C18H17ClFNO. The molecule has 0 unspecified atom stereocenters. The lowest BCUT2D eigenvalue weighted by Gasteiger charge is -2.16. The molecule has 1 heterocycles. The minimum absolute atomic E-state index is 0.138. The molecule has 0 bridgehead atoms. The molecular weight excluding hydrogens is 301 g/mol. The highest BCUT2D eigenvalue weighted by atomic mass is 35.5. The number of hydrogen-bond donors (Lipinski definition) is 0. The number of aromatic nitrogens is 1. The number of ether oxygens (including phenoxy) is 1. The van der Waals surface area contributed by atoms with E-state index in [1.165, 1.54) is 6.07 Å². The molecule has 0 N–H and O–H groups in total. The third kappa shape index (κ3) is 2.69. The van der Waals surface area contributed by atoms with Crippen LogP contribution in [0.2, 0.25) is 5.02 Å². The number of halogens is 2. The van der Waals surface area contributed by atoms with Crippen LogP contribution in [0.15, 0.2) is 48.5 Å². The fourth-order valence-corrected chi connectivity index (χ4v) is 2.90.